The van der Waals surface area contributed by atoms with E-state index in [1.54, 1.807) is 19.9 Å². The summed E-state index contributed by atoms with van der Waals surface area (Å²) in [6.45, 7) is 4.50. The van der Waals surface area contributed by atoms with Crippen molar-refractivity contribution in [2.24, 2.45) is 5.73 Å². The number of benzene rings is 3. The fourth-order valence-electron chi connectivity index (χ4n) is 6.52. The zero-order valence-corrected chi connectivity index (χ0v) is 22.2. The van der Waals surface area contributed by atoms with Crippen LogP contribution < -0.4 is 5.73 Å². The maximum atomic E-state index is 15.8. The van der Waals surface area contributed by atoms with E-state index in [1.807, 2.05) is 47.2 Å². The van der Waals surface area contributed by atoms with Gasteiger partial charge in [0.15, 0.2) is 0 Å². The Morgan fingerprint density at radius 3 is 2.49 bits per heavy atom. The second kappa shape index (κ2) is 9.56. The highest BCUT2D eigenvalue weighted by atomic mass is 19.1. The highest BCUT2D eigenvalue weighted by Gasteiger charge is 2.44. The first-order valence-electron chi connectivity index (χ1n) is 13.5. The van der Waals surface area contributed by atoms with Gasteiger partial charge in [0.25, 0.3) is 0 Å². The van der Waals surface area contributed by atoms with Crippen molar-refractivity contribution in [3.05, 3.63) is 83.6 Å². The molecule has 3 N–H and O–H groups in total. The summed E-state index contributed by atoms with van der Waals surface area (Å²) in [6, 6.07) is 18.6. The van der Waals surface area contributed by atoms with Crippen LogP contribution in [0.25, 0.3) is 33.2 Å². The SMILES string of the molecule is CC(C)(O)Cn1ccc2cc(-c3ccc(CN4[C@@H]5CC[C@H]4[C@@H](N)C5)cc3-c3ccc(C#N)c(F)c3)c(F)cc21. The maximum absolute atomic E-state index is 15.8. The highest BCUT2D eigenvalue weighted by molar-refractivity contribution is 5.91. The van der Waals surface area contributed by atoms with E-state index in [2.05, 4.69) is 4.90 Å². The average Bonchev–Trinajstić information content (AvgIpc) is 3.54. The molecule has 0 radical (unpaired) electrons. The van der Waals surface area contributed by atoms with Crippen LogP contribution in [0.2, 0.25) is 0 Å². The van der Waals surface area contributed by atoms with Crippen molar-refractivity contribution in [1.82, 2.24) is 9.47 Å². The average molecular weight is 527 g/mol. The van der Waals surface area contributed by atoms with Crippen molar-refractivity contribution >= 4 is 10.9 Å². The minimum Gasteiger partial charge on any atom is -0.389 e. The molecule has 4 aromatic rings. The van der Waals surface area contributed by atoms with E-state index in [9.17, 15) is 14.8 Å². The summed E-state index contributed by atoms with van der Waals surface area (Å²) >= 11 is 0. The van der Waals surface area contributed by atoms with Crippen LogP contribution in [0.5, 0.6) is 0 Å². The third-order valence-corrected chi connectivity index (χ3v) is 8.29. The topological polar surface area (TPSA) is 78.2 Å². The summed E-state index contributed by atoms with van der Waals surface area (Å²) in [5.41, 5.74) is 9.51. The Balaban J connectivity index is 1.45. The van der Waals surface area contributed by atoms with Gasteiger partial charge in [-0.25, -0.2) is 8.78 Å². The largest absolute Gasteiger partial charge is 0.389 e. The smallest absolute Gasteiger partial charge is 0.141 e. The molecular formula is C32H32F2N4O. The van der Waals surface area contributed by atoms with Gasteiger partial charge in [-0.05, 0) is 91.8 Å². The van der Waals surface area contributed by atoms with E-state index < -0.39 is 17.2 Å². The van der Waals surface area contributed by atoms with Crippen molar-refractivity contribution in [3.8, 4) is 28.3 Å². The van der Waals surface area contributed by atoms with Crippen LogP contribution in [0.15, 0.2) is 60.8 Å². The Morgan fingerprint density at radius 2 is 1.82 bits per heavy atom. The molecule has 39 heavy (non-hydrogen) atoms. The number of hydrogen-bond donors (Lipinski definition) is 2. The summed E-state index contributed by atoms with van der Waals surface area (Å²) in [4.78, 5) is 2.47. The number of nitriles is 1. The molecule has 0 amide bonds. The van der Waals surface area contributed by atoms with E-state index in [0.717, 1.165) is 36.8 Å². The van der Waals surface area contributed by atoms with Gasteiger partial charge in [-0.2, -0.15) is 5.26 Å². The molecule has 3 aromatic carbocycles. The van der Waals surface area contributed by atoms with Crippen LogP contribution in [0.1, 0.15) is 44.2 Å². The van der Waals surface area contributed by atoms with Gasteiger partial charge in [-0.15, -0.1) is 0 Å². The molecule has 2 aliphatic rings. The monoisotopic (exact) mass is 526 g/mol. The van der Waals surface area contributed by atoms with E-state index in [-0.39, 0.29) is 11.6 Å². The number of fused-ring (bicyclic) bond motifs is 3. The predicted molar refractivity (Wildman–Crippen MR) is 149 cm³/mol. The quantitative estimate of drug-likeness (QED) is 0.325. The van der Waals surface area contributed by atoms with E-state index in [1.165, 1.54) is 18.2 Å². The van der Waals surface area contributed by atoms with Gasteiger partial charge >= 0.3 is 0 Å². The van der Waals surface area contributed by atoms with E-state index in [4.69, 9.17) is 5.73 Å². The van der Waals surface area contributed by atoms with Gasteiger partial charge in [0, 0.05) is 41.8 Å². The summed E-state index contributed by atoms with van der Waals surface area (Å²) in [5, 5.41) is 20.4. The third-order valence-electron chi connectivity index (χ3n) is 8.29. The molecule has 6 rings (SSSR count). The van der Waals surface area contributed by atoms with Crippen molar-refractivity contribution in [1.29, 1.82) is 5.26 Å². The fraction of sp³-hybridized carbons (Fsp3) is 0.344. The van der Waals surface area contributed by atoms with E-state index in [0.29, 0.717) is 46.4 Å². The maximum Gasteiger partial charge on any atom is 0.141 e. The zero-order chi connectivity index (χ0) is 27.5. The van der Waals surface area contributed by atoms with Crippen LogP contribution in [-0.4, -0.2) is 38.3 Å². The Kier molecular flexibility index (Phi) is 6.30. The lowest BCUT2D eigenvalue weighted by atomic mass is 9.91. The minimum absolute atomic E-state index is 0.0279. The number of aromatic nitrogens is 1. The fourth-order valence-corrected chi connectivity index (χ4v) is 6.52. The van der Waals surface area contributed by atoms with Crippen molar-refractivity contribution < 1.29 is 13.9 Å². The van der Waals surface area contributed by atoms with Crippen LogP contribution in [0.4, 0.5) is 8.78 Å². The van der Waals surface area contributed by atoms with Gasteiger partial charge in [0.05, 0.1) is 23.2 Å². The number of nitrogens with two attached hydrogens (primary N) is 1. The molecule has 200 valence electrons. The molecule has 1 aromatic heterocycles. The Labute approximate surface area is 227 Å². The molecule has 0 saturated carbocycles. The van der Waals surface area contributed by atoms with Crippen LogP contribution in [0, 0.1) is 23.0 Å². The zero-order valence-electron chi connectivity index (χ0n) is 22.2. The Bertz CT molecular complexity index is 1610. The molecule has 5 nitrogen and oxygen atoms in total. The van der Waals surface area contributed by atoms with Gasteiger partial charge in [-0.1, -0.05) is 18.2 Å². The van der Waals surface area contributed by atoms with Crippen molar-refractivity contribution in [2.75, 3.05) is 0 Å². The molecule has 2 bridgehead atoms. The third kappa shape index (κ3) is 4.74. The molecule has 0 aliphatic carbocycles. The molecule has 2 saturated heterocycles. The van der Waals surface area contributed by atoms with Crippen LogP contribution >= 0.6 is 0 Å². The van der Waals surface area contributed by atoms with Gasteiger partial charge in [0.2, 0.25) is 0 Å². The number of nitrogens with zero attached hydrogens (tertiary/aromatic N) is 3. The second-order valence-corrected chi connectivity index (χ2v) is 11.7. The minimum atomic E-state index is -0.942. The van der Waals surface area contributed by atoms with Crippen molar-refractivity contribution in [3.63, 3.8) is 0 Å². The molecule has 3 heterocycles. The standard InChI is InChI=1S/C32H32F2N4O/c1-32(2,39)18-37-10-9-21-12-26(28(34)15-31(21)37)24-7-3-19(17-38-23-6-8-30(38)29(36)14-23)11-25(24)20-4-5-22(16-35)27(33)13-20/h3-5,7,9-13,15,23,29-30,39H,6,8,14,17-18,36H2,1-2H3/t23-,29+,30+/m1/s1. The summed E-state index contributed by atoms with van der Waals surface area (Å²) in [7, 11) is 0. The molecule has 0 unspecified atom stereocenters. The molecule has 7 heteroatoms. The van der Waals surface area contributed by atoms with Crippen LogP contribution in [-0.2, 0) is 13.1 Å². The molecular weight excluding hydrogens is 494 g/mol. The lowest BCUT2D eigenvalue weighted by Crippen LogP contribution is -2.36. The van der Waals surface area contributed by atoms with Gasteiger partial charge in [-0.3, -0.25) is 4.90 Å². The Morgan fingerprint density at radius 1 is 1.00 bits per heavy atom. The number of rotatable bonds is 6. The molecule has 3 atom stereocenters. The second-order valence-electron chi connectivity index (χ2n) is 11.7. The van der Waals surface area contributed by atoms with Crippen LogP contribution in [0.3, 0.4) is 0 Å². The Hall–Kier alpha value is -3.57. The number of hydrogen-bond acceptors (Lipinski definition) is 4. The molecule has 2 aliphatic heterocycles. The molecule has 2 fully saturated rings. The first-order valence-corrected chi connectivity index (χ1v) is 13.5. The summed E-state index contributed by atoms with van der Waals surface area (Å²) < 4.78 is 32.3. The summed E-state index contributed by atoms with van der Waals surface area (Å²) in [6.07, 6.45) is 5.12. The predicted octanol–water partition coefficient (Wildman–Crippen LogP) is 5.96. The normalized spacial score (nSPS) is 21.1. The number of aliphatic hydroxyl groups is 1. The summed E-state index contributed by atoms with van der Waals surface area (Å²) in [5.74, 6) is -1.00. The van der Waals surface area contributed by atoms with Gasteiger partial charge < -0.3 is 15.4 Å². The van der Waals surface area contributed by atoms with Gasteiger partial charge in [0.1, 0.15) is 17.7 Å². The molecule has 0 spiro atoms. The van der Waals surface area contributed by atoms with E-state index >= 15 is 4.39 Å². The number of halogens is 2. The first kappa shape index (κ1) is 25.7. The lowest BCUT2D eigenvalue weighted by molar-refractivity contribution is 0.0628. The first-order chi connectivity index (χ1) is 18.6. The highest BCUT2D eigenvalue weighted by Crippen LogP contribution is 2.40. The lowest BCUT2D eigenvalue weighted by Gasteiger charge is -2.23. The van der Waals surface area contributed by atoms with Crippen molar-refractivity contribution in [2.45, 2.75) is 69.9 Å².